The van der Waals surface area contributed by atoms with E-state index in [0.717, 1.165) is 50.2 Å². The summed E-state index contributed by atoms with van der Waals surface area (Å²) in [7, 11) is 0. The average molecular weight is 309 g/mol. The van der Waals surface area contributed by atoms with Crippen LogP contribution < -0.4 is 16.0 Å². The predicted molar refractivity (Wildman–Crippen MR) is 85.9 cm³/mol. The van der Waals surface area contributed by atoms with Crippen molar-refractivity contribution in [2.45, 2.75) is 50.7 Å². The Labute approximate surface area is 129 Å². The van der Waals surface area contributed by atoms with Crippen molar-refractivity contribution in [3.05, 3.63) is 10.9 Å². The van der Waals surface area contributed by atoms with Crippen molar-refractivity contribution in [3.63, 3.8) is 0 Å². The maximum Gasteiger partial charge on any atom is 0.263 e. The highest BCUT2D eigenvalue weighted by atomic mass is 32.1. The standard InChI is InChI=1S/C15H23N3O2S/c1-15(20)5-2-7-18(8-6-15)12-9-11(16)13(21-12)14(19)17-10-3-4-10/h9-10,20H,2-8,16H2,1H3,(H,17,19). The van der Waals surface area contributed by atoms with Crippen LogP contribution in [0, 0.1) is 0 Å². The van der Waals surface area contributed by atoms with E-state index in [0.29, 0.717) is 16.6 Å². The molecular weight excluding hydrogens is 286 g/mol. The minimum absolute atomic E-state index is 0.0481. The van der Waals surface area contributed by atoms with E-state index in [1.165, 1.54) is 11.3 Å². The molecule has 5 nitrogen and oxygen atoms in total. The number of carbonyl (C=O) groups is 1. The number of hydrogen-bond donors (Lipinski definition) is 3. The summed E-state index contributed by atoms with van der Waals surface area (Å²) in [5.41, 5.74) is 5.99. The van der Waals surface area contributed by atoms with Gasteiger partial charge in [0.05, 0.1) is 16.3 Å². The predicted octanol–water partition coefficient (Wildman–Crippen LogP) is 1.96. The third-order valence-corrected chi connectivity index (χ3v) is 5.45. The molecule has 1 amide bonds. The number of nitrogens with zero attached hydrogens (tertiary/aromatic N) is 1. The highest BCUT2D eigenvalue weighted by Crippen LogP contribution is 2.35. The molecular formula is C15H23N3O2S. The molecule has 21 heavy (non-hydrogen) atoms. The summed E-state index contributed by atoms with van der Waals surface area (Å²) in [6.07, 6.45) is 4.67. The number of nitrogens with one attached hydrogen (secondary N) is 1. The Balaban J connectivity index is 1.72. The minimum Gasteiger partial charge on any atom is -0.397 e. The quantitative estimate of drug-likeness (QED) is 0.797. The fourth-order valence-corrected chi connectivity index (χ4v) is 3.72. The minimum atomic E-state index is -0.580. The lowest BCUT2D eigenvalue weighted by Gasteiger charge is -2.22. The summed E-state index contributed by atoms with van der Waals surface area (Å²) in [5, 5.41) is 14.2. The topological polar surface area (TPSA) is 78.6 Å². The van der Waals surface area contributed by atoms with E-state index in [-0.39, 0.29) is 5.91 Å². The summed E-state index contributed by atoms with van der Waals surface area (Å²) in [6.45, 7) is 3.60. The molecule has 1 aromatic heterocycles. The maximum atomic E-state index is 12.1. The van der Waals surface area contributed by atoms with Gasteiger partial charge in [0, 0.05) is 19.1 Å². The Morgan fingerprint density at radius 2 is 2.24 bits per heavy atom. The van der Waals surface area contributed by atoms with E-state index in [1.807, 2.05) is 13.0 Å². The number of nitrogen functional groups attached to an aromatic ring is 1. The lowest BCUT2D eigenvalue weighted by atomic mass is 9.98. The molecule has 2 heterocycles. The van der Waals surface area contributed by atoms with Crippen LogP contribution in [-0.4, -0.2) is 35.7 Å². The van der Waals surface area contributed by atoms with E-state index in [9.17, 15) is 9.90 Å². The summed E-state index contributed by atoms with van der Waals surface area (Å²) in [6, 6.07) is 2.24. The SMILES string of the molecule is CC1(O)CCCN(c2cc(N)c(C(=O)NC3CC3)s2)CC1. The van der Waals surface area contributed by atoms with Crippen LogP contribution in [-0.2, 0) is 0 Å². The average Bonchev–Trinajstić information content (AvgIpc) is 3.16. The third kappa shape index (κ3) is 3.49. The number of carbonyl (C=O) groups excluding carboxylic acids is 1. The van der Waals surface area contributed by atoms with E-state index >= 15 is 0 Å². The van der Waals surface area contributed by atoms with E-state index in [2.05, 4.69) is 10.2 Å². The Morgan fingerprint density at radius 1 is 1.48 bits per heavy atom. The molecule has 2 fully saturated rings. The summed E-state index contributed by atoms with van der Waals surface area (Å²) >= 11 is 1.46. The monoisotopic (exact) mass is 309 g/mol. The number of rotatable bonds is 3. The largest absolute Gasteiger partial charge is 0.397 e. The van der Waals surface area contributed by atoms with Crippen molar-refractivity contribution in [1.29, 1.82) is 0 Å². The highest BCUT2D eigenvalue weighted by Gasteiger charge is 2.28. The van der Waals surface area contributed by atoms with Gasteiger partial charge in [-0.1, -0.05) is 0 Å². The van der Waals surface area contributed by atoms with Gasteiger partial charge < -0.3 is 21.1 Å². The summed E-state index contributed by atoms with van der Waals surface area (Å²) < 4.78 is 0. The second-order valence-corrected chi connectivity index (χ2v) is 7.49. The van der Waals surface area contributed by atoms with Crippen LogP contribution >= 0.6 is 11.3 Å². The van der Waals surface area contributed by atoms with Crippen LogP contribution in [0.25, 0.3) is 0 Å². The van der Waals surface area contributed by atoms with Gasteiger partial charge in [0.15, 0.2) is 0 Å². The molecule has 0 bridgehead atoms. The number of amides is 1. The molecule has 0 radical (unpaired) electrons. The molecule has 1 aliphatic carbocycles. The second-order valence-electron chi connectivity index (χ2n) is 6.45. The molecule has 0 aromatic carbocycles. The number of aliphatic hydroxyl groups is 1. The van der Waals surface area contributed by atoms with Gasteiger partial charge in [0.25, 0.3) is 5.91 Å². The molecule has 4 N–H and O–H groups in total. The van der Waals surface area contributed by atoms with Gasteiger partial charge in [-0.05, 0) is 45.1 Å². The smallest absolute Gasteiger partial charge is 0.263 e. The van der Waals surface area contributed by atoms with Crippen molar-refractivity contribution in [1.82, 2.24) is 5.32 Å². The number of hydrogen-bond acceptors (Lipinski definition) is 5. The maximum absolute atomic E-state index is 12.1. The highest BCUT2D eigenvalue weighted by molar-refractivity contribution is 7.18. The van der Waals surface area contributed by atoms with Crippen LogP contribution in [0.1, 0.15) is 48.7 Å². The van der Waals surface area contributed by atoms with Crippen molar-refractivity contribution in [3.8, 4) is 0 Å². The van der Waals surface area contributed by atoms with Gasteiger partial charge >= 0.3 is 0 Å². The van der Waals surface area contributed by atoms with Gasteiger partial charge in [-0.25, -0.2) is 0 Å². The summed E-state index contributed by atoms with van der Waals surface area (Å²) in [5.74, 6) is -0.0481. The van der Waals surface area contributed by atoms with Gasteiger partial charge in [-0.2, -0.15) is 0 Å². The third-order valence-electron chi connectivity index (χ3n) is 4.24. The zero-order valence-corrected chi connectivity index (χ0v) is 13.2. The van der Waals surface area contributed by atoms with Crippen molar-refractivity contribution in [2.75, 3.05) is 23.7 Å². The lowest BCUT2D eigenvalue weighted by molar-refractivity contribution is 0.0481. The molecule has 1 unspecified atom stereocenters. The zero-order chi connectivity index (χ0) is 15.0. The molecule has 1 aromatic rings. The first-order valence-corrected chi connectivity index (χ1v) is 8.44. The van der Waals surface area contributed by atoms with Crippen LogP contribution in [0.3, 0.4) is 0 Å². The van der Waals surface area contributed by atoms with Gasteiger partial charge in [-0.3, -0.25) is 4.79 Å². The zero-order valence-electron chi connectivity index (χ0n) is 12.4. The molecule has 3 rings (SSSR count). The number of anilines is 2. The molecule has 1 aliphatic heterocycles. The second kappa shape index (κ2) is 5.50. The Morgan fingerprint density at radius 3 is 2.95 bits per heavy atom. The lowest BCUT2D eigenvalue weighted by Crippen LogP contribution is -2.27. The Hall–Kier alpha value is -1.27. The van der Waals surface area contributed by atoms with Crippen LogP contribution in [0.5, 0.6) is 0 Å². The van der Waals surface area contributed by atoms with Crippen molar-refractivity contribution in [2.24, 2.45) is 0 Å². The molecule has 1 saturated carbocycles. The van der Waals surface area contributed by atoms with Gasteiger partial charge in [-0.15, -0.1) is 11.3 Å². The molecule has 1 saturated heterocycles. The van der Waals surface area contributed by atoms with Crippen LogP contribution in [0.15, 0.2) is 6.07 Å². The molecule has 1 atom stereocenters. The molecule has 0 spiro atoms. The van der Waals surface area contributed by atoms with Crippen LogP contribution in [0.4, 0.5) is 10.7 Å². The first-order chi connectivity index (χ1) is 9.94. The van der Waals surface area contributed by atoms with Crippen molar-refractivity contribution >= 4 is 27.9 Å². The van der Waals surface area contributed by atoms with Crippen molar-refractivity contribution < 1.29 is 9.90 Å². The Kier molecular flexibility index (Phi) is 3.84. The number of nitrogens with two attached hydrogens (primary N) is 1. The normalized spacial score (nSPS) is 26.5. The van der Waals surface area contributed by atoms with E-state index in [4.69, 9.17) is 5.73 Å². The molecule has 116 valence electrons. The van der Waals surface area contributed by atoms with Gasteiger partial charge in [0.1, 0.15) is 4.88 Å². The van der Waals surface area contributed by atoms with Gasteiger partial charge in [0.2, 0.25) is 0 Å². The summed E-state index contributed by atoms with van der Waals surface area (Å²) in [4.78, 5) is 15.0. The number of thiophene rings is 1. The molecule has 2 aliphatic rings. The first-order valence-electron chi connectivity index (χ1n) is 7.62. The van der Waals surface area contributed by atoms with Crippen LogP contribution in [0.2, 0.25) is 0 Å². The van der Waals surface area contributed by atoms with E-state index < -0.39 is 5.60 Å². The first kappa shape index (κ1) is 14.7. The molecule has 6 heteroatoms. The fourth-order valence-electron chi connectivity index (χ4n) is 2.69. The fraction of sp³-hybridized carbons (Fsp3) is 0.667. The van der Waals surface area contributed by atoms with E-state index in [1.54, 1.807) is 0 Å². The Bertz CT molecular complexity index is 537.